The highest BCUT2D eigenvalue weighted by atomic mass is 30.2. The molecule has 0 nitrogen and oxygen atoms in total. The van der Waals surface area contributed by atoms with Gasteiger partial charge in [0.2, 0.25) is 0 Å². The van der Waals surface area contributed by atoms with Crippen molar-refractivity contribution in [2.75, 3.05) is 0 Å². The predicted octanol–water partition coefficient (Wildman–Crippen LogP) is 13.1. The van der Waals surface area contributed by atoms with Crippen LogP contribution in [0.5, 0.6) is 0 Å². The number of hydrogen-bond acceptors (Lipinski definition) is 0. The zero-order chi connectivity index (χ0) is 35.7. The van der Waals surface area contributed by atoms with Crippen molar-refractivity contribution in [2.24, 2.45) is 0 Å². The lowest BCUT2D eigenvalue weighted by Gasteiger charge is -2.86. The molecule has 0 atom stereocenters. The van der Waals surface area contributed by atoms with Crippen LogP contribution in [0.15, 0.2) is 0 Å². The Hall–Kier alpha value is 2.60. The Balaban J connectivity index is 4.97. The second-order valence-electron chi connectivity index (χ2n) is 26.2. The fraction of sp³-hybridized carbons (Fsp3) is 1.00. The summed E-state index contributed by atoms with van der Waals surface area (Å²) in [6.45, 7) is 69.2. The van der Waals surface area contributed by atoms with Crippen molar-refractivity contribution in [3.8, 4) is 0 Å². The molecule has 264 valence electrons. The van der Waals surface area contributed by atoms with Crippen molar-refractivity contribution >= 4 is 93.0 Å². The minimum absolute atomic E-state index is 1.26. The fourth-order valence-corrected chi connectivity index (χ4v) is 349. The molecule has 1 heterocycles. The lowest BCUT2D eigenvalue weighted by Crippen LogP contribution is -3.10. The largest absolute Gasteiger partial charge is 0.0698 e. The van der Waals surface area contributed by atoms with Crippen molar-refractivity contribution in [2.45, 2.75) is 202 Å². The molecule has 0 amide bonds. The zero-order valence-electron chi connectivity index (χ0n) is 35.7. The third kappa shape index (κ3) is 11.3. The van der Waals surface area contributed by atoms with Crippen molar-refractivity contribution in [3.05, 3.63) is 0 Å². The molecule has 1 aliphatic rings. The predicted molar refractivity (Wildman–Crippen MR) is 248 cm³/mol. The lowest BCUT2D eigenvalue weighted by molar-refractivity contribution is 1.38. The number of hydrogen-bond donors (Lipinski definition) is 0. The summed E-state index contributed by atoms with van der Waals surface area (Å²) in [5.41, 5.74) is 15.2. The molecule has 0 spiro atoms. The normalized spacial score (nSPS) is 21.3. The topological polar surface area (TPSA) is 0 Å². The van der Waals surface area contributed by atoms with E-state index in [1.54, 1.807) is 0 Å². The van der Waals surface area contributed by atoms with Crippen molar-refractivity contribution in [1.29, 1.82) is 0 Å². The highest BCUT2D eigenvalue weighted by molar-refractivity contribution is 8.17. The lowest BCUT2D eigenvalue weighted by atomic mass is 11.7. The van der Waals surface area contributed by atoms with Crippen LogP contribution in [0.25, 0.3) is 0 Å². The van der Waals surface area contributed by atoms with Gasteiger partial charge in [-0.2, -0.15) is 0 Å². The SMILES string of the molecule is C[Si](C)(C)C[Si]1(C[Si](C)(C)C)[Si](C[Si](C)(C)C)(C[Si](C)(C)C)[Si](C[Si](C)(C)C)(C[Si](C)(C)C)[Si]1(C[Si](C)(C)C)C[Si](C)(C)C. The van der Waals surface area contributed by atoms with E-state index in [0.717, 1.165) is 0 Å². The molecular weight excluding hydrogens is 721 g/mol. The van der Waals surface area contributed by atoms with Gasteiger partial charge in [-0.25, -0.2) is 0 Å². The van der Waals surface area contributed by atoms with Crippen molar-refractivity contribution in [1.82, 2.24) is 0 Å². The van der Waals surface area contributed by atoms with Crippen LogP contribution in [0, 0.1) is 0 Å². The van der Waals surface area contributed by atoms with Gasteiger partial charge in [0, 0.05) is 93.0 Å². The summed E-state index contributed by atoms with van der Waals surface area (Å²) in [7, 11) is -16.1. The minimum Gasteiger partial charge on any atom is -0.0698 e. The first kappa shape index (κ1) is 44.6. The summed E-state index contributed by atoms with van der Waals surface area (Å²) < 4.78 is 0. The molecule has 44 heavy (non-hydrogen) atoms. The molecule has 0 unspecified atom stereocenters. The van der Waals surface area contributed by atoms with Crippen molar-refractivity contribution < 1.29 is 0 Å². The van der Waals surface area contributed by atoms with E-state index in [4.69, 9.17) is 0 Å². The van der Waals surface area contributed by atoms with Gasteiger partial charge >= 0.3 is 0 Å². The van der Waals surface area contributed by atoms with Crippen LogP contribution >= 0.6 is 0 Å². The summed E-state index contributed by atoms with van der Waals surface area (Å²) in [4.78, 5) is 0. The number of rotatable bonds is 16. The molecule has 12 heteroatoms. The Morgan fingerprint density at radius 1 is 0.182 bits per heavy atom. The van der Waals surface area contributed by atoms with Gasteiger partial charge in [0.1, 0.15) is 0 Å². The van der Waals surface area contributed by atoms with Crippen LogP contribution < -0.4 is 0 Å². The zero-order valence-corrected chi connectivity index (χ0v) is 47.7. The van der Waals surface area contributed by atoms with Crippen LogP contribution in [0.3, 0.4) is 0 Å². The average Bonchev–Trinajstić information content (AvgIpc) is 2.55. The molecule has 1 saturated heterocycles. The van der Waals surface area contributed by atoms with E-state index in [9.17, 15) is 0 Å². The molecule has 0 aliphatic carbocycles. The average molecular weight is 810 g/mol. The quantitative estimate of drug-likeness (QED) is 0.136. The van der Waals surface area contributed by atoms with Crippen LogP contribution in [0.2, 0.25) is 202 Å². The van der Waals surface area contributed by atoms with E-state index >= 15 is 0 Å². The van der Waals surface area contributed by atoms with Gasteiger partial charge in [0.15, 0.2) is 0 Å². The molecule has 0 aromatic carbocycles. The molecule has 1 fully saturated rings. The fourth-order valence-electron chi connectivity index (χ4n) is 12.0. The summed E-state index contributed by atoms with van der Waals surface area (Å²) in [5.74, 6) is 0. The monoisotopic (exact) mass is 808 g/mol. The van der Waals surface area contributed by atoms with Crippen molar-refractivity contribution in [3.63, 3.8) is 0 Å². The first-order valence-corrected chi connectivity index (χ1v) is 62.0. The Kier molecular flexibility index (Phi) is 13.5. The molecule has 0 saturated carbocycles. The Labute approximate surface area is 293 Å². The van der Waals surface area contributed by atoms with E-state index in [1.165, 1.54) is 0 Å². The first-order chi connectivity index (χ1) is 18.7. The Morgan fingerprint density at radius 3 is 0.295 bits per heavy atom. The second kappa shape index (κ2) is 13.3. The third-order valence-electron chi connectivity index (χ3n) is 10.3. The van der Waals surface area contributed by atoms with E-state index in [0.29, 0.717) is 0 Å². The first-order valence-electron chi connectivity index (χ1n) is 18.7. The van der Waals surface area contributed by atoms with Gasteiger partial charge in [-0.05, 0) is 0 Å². The van der Waals surface area contributed by atoms with Crippen LogP contribution in [-0.4, -0.2) is 93.0 Å². The standard InChI is InChI=1S/C32H88Si12/c1-33(2,3)25-41(26-34(4,5)6)42(27-35(7,8)9,28-36(10,11)12)44(31-39(19,20)21,32-40(22,23)24)43(41,29-37(13,14)15)30-38(16,17)18/h25-32H2,1-24H3. The summed E-state index contributed by atoms with van der Waals surface area (Å²) in [6, 6.07) is 0. The van der Waals surface area contributed by atoms with E-state index in [1.807, 2.05) is 45.3 Å². The van der Waals surface area contributed by atoms with Gasteiger partial charge in [-0.15, -0.1) is 0 Å². The highest BCUT2D eigenvalue weighted by Gasteiger charge is 2.89. The second-order valence-corrected chi connectivity index (χ2v) is 116. The highest BCUT2D eigenvalue weighted by Crippen LogP contribution is 2.69. The summed E-state index contributed by atoms with van der Waals surface area (Å²) in [5, 5.41) is 0. The van der Waals surface area contributed by atoms with Gasteiger partial charge in [0.05, 0.1) is 0 Å². The molecule has 0 aromatic rings. The Bertz CT molecular complexity index is 725. The Morgan fingerprint density at radius 2 is 0.250 bits per heavy atom. The molecule has 1 rings (SSSR count). The molecule has 0 aromatic heterocycles. The maximum atomic E-state index is 2.88. The summed E-state index contributed by atoms with van der Waals surface area (Å²) in [6.07, 6.45) is 0. The van der Waals surface area contributed by atoms with E-state index in [2.05, 4.69) is 157 Å². The maximum Gasteiger partial charge on any atom is 0.0412 e. The maximum absolute atomic E-state index is 2.88. The third-order valence-corrected chi connectivity index (χ3v) is 162. The molecular formula is C32H88Si12. The van der Waals surface area contributed by atoms with Crippen LogP contribution in [0.4, 0.5) is 0 Å². The minimum atomic E-state index is -1.50. The van der Waals surface area contributed by atoms with Gasteiger partial charge < -0.3 is 0 Å². The van der Waals surface area contributed by atoms with Crippen LogP contribution in [0.1, 0.15) is 0 Å². The smallest absolute Gasteiger partial charge is 0.0412 e. The van der Waals surface area contributed by atoms with E-state index < -0.39 is 93.0 Å². The molecule has 0 bridgehead atoms. The molecule has 1 aliphatic heterocycles. The van der Waals surface area contributed by atoms with Crippen LogP contribution in [-0.2, 0) is 0 Å². The molecule has 0 radical (unpaired) electrons. The molecule has 0 N–H and O–H groups in total. The van der Waals surface area contributed by atoms with E-state index in [-0.39, 0.29) is 0 Å². The van der Waals surface area contributed by atoms with Gasteiger partial charge in [-0.1, -0.05) is 202 Å². The summed E-state index contributed by atoms with van der Waals surface area (Å²) >= 11 is 0. The van der Waals surface area contributed by atoms with Gasteiger partial charge in [-0.3, -0.25) is 0 Å². The van der Waals surface area contributed by atoms with Gasteiger partial charge in [0.25, 0.3) is 0 Å².